The van der Waals surface area contributed by atoms with Gasteiger partial charge in [-0.3, -0.25) is 0 Å². The summed E-state index contributed by atoms with van der Waals surface area (Å²) in [4.78, 5) is 6.23. The Morgan fingerprint density at radius 1 is 1.58 bits per heavy atom. The van der Waals surface area contributed by atoms with Crippen LogP contribution in [0.25, 0.3) is 0 Å². The molecule has 0 saturated heterocycles. The number of aromatic nitrogens is 2. The van der Waals surface area contributed by atoms with Gasteiger partial charge in [0.25, 0.3) is 10.0 Å². The molecule has 5 nitrogen and oxygen atoms in total. The zero-order chi connectivity index (χ0) is 9.35. The lowest BCUT2D eigenvalue weighted by Crippen LogP contribution is -2.23. The zero-order valence-electron chi connectivity index (χ0n) is 6.90. The molecule has 1 N–H and O–H groups in total. The van der Waals surface area contributed by atoms with E-state index in [9.17, 15) is 8.42 Å². The fourth-order valence-electron chi connectivity index (χ4n) is 0.645. The van der Waals surface area contributed by atoms with E-state index in [0.717, 1.165) is 4.31 Å². The first-order chi connectivity index (χ1) is 5.44. The summed E-state index contributed by atoms with van der Waals surface area (Å²) in [6.45, 7) is 3.49. The van der Waals surface area contributed by atoms with Gasteiger partial charge in [-0.2, -0.15) is 0 Å². The van der Waals surface area contributed by atoms with Crippen LogP contribution in [0.5, 0.6) is 0 Å². The first-order valence-corrected chi connectivity index (χ1v) is 4.68. The van der Waals surface area contributed by atoms with Gasteiger partial charge in [0.1, 0.15) is 0 Å². The molecular weight excluding hydrogens is 178 g/mol. The minimum atomic E-state index is -3.43. The van der Waals surface area contributed by atoms with Gasteiger partial charge >= 0.3 is 0 Å². The summed E-state index contributed by atoms with van der Waals surface area (Å²) in [7, 11) is -0.539. The van der Waals surface area contributed by atoms with E-state index in [0.29, 0.717) is 5.69 Å². The van der Waals surface area contributed by atoms with Crippen LogP contribution in [0.4, 0.5) is 0 Å². The average Bonchev–Trinajstić information content (AvgIpc) is 2.35. The van der Waals surface area contributed by atoms with Crippen molar-refractivity contribution in [3.63, 3.8) is 0 Å². The van der Waals surface area contributed by atoms with Gasteiger partial charge in [0.15, 0.2) is 0 Å². The van der Waals surface area contributed by atoms with Gasteiger partial charge in [-0.1, -0.05) is 0 Å². The van der Waals surface area contributed by atoms with E-state index in [1.165, 1.54) is 20.3 Å². The second-order valence-electron chi connectivity index (χ2n) is 2.48. The third-order valence-electron chi connectivity index (χ3n) is 1.33. The molecule has 12 heavy (non-hydrogen) atoms. The van der Waals surface area contributed by atoms with Gasteiger partial charge in [0, 0.05) is 20.3 Å². The van der Waals surface area contributed by atoms with Crippen molar-refractivity contribution in [2.75, 3.05) is 14.1 Å². The first-order valence-electron chi connectivity index (χ1n) is 3.24. The van der Waals surface area contributed by atoms with Crippen LogP contribution in [-0.2, 0) is 10.0 Å². The lowest BCUT2D eigenvalue weighted by molar-refractivity contribution is 0.513. The monoisotopic (exact) mass is 188 g/mol. The van der Waals surface area contributed by atoms with Crippen LogP contribution < -0.4 is 0 Å². The smallest absolute Gasteiger partial charge is 0.276 e. The molecule has 1 aromatic heterocycles. The molecule has 0 aromatic carbocycles. The summed E-state index contributed by atoms with van der Waals surface area (Å²) in [5.41, 5.74) is 0.412. The molecule has 0 spiro atoms. The number of H-pyrrole nitrogens is 1. The van der Waals surface area contributed by atoms with Gasteiger partial charge in [-0.25, -0.2) is 17.7 Å². The van der Waals surface area contributed by atoms with Gasteiger partial charge < -0.3 is 4.98 Å². The van der Waals surface area contributed by atoms with Crippen molar-refractivity contribution >= 4 is 10.0 Å². The summed E-state index contributed by atoms with van der Waals surface area (Å²) in [6.07, 6.45) is 1.44. The topological polar surface area (TPSA) is 66.1 Å². The summed E-state index contributed by atoms with van der Waals surface area (Å²) >= 11 is 0. The van der Waals surface area contributed by atoms with Crippen molar-refractivity contribution in [3.05, 3.63) is 18.8 Å². The quantitative estimate of drug-likeness (QED) is 0.701. The van der Waals surface area contributed by atoms with E-state index in [1.807, 2.05) is 0 Å². The second-order valence-corrected chi connectivity index (χ2v) is 4.55. The third kappa shape index (κ3) is 1.49. The Bertz CT molecular complexity index is 366. The van der Waals surface area contributed by atoms with Crippen LogP contribution in [0.3, 0.4) is 0 Å². The highest BCUT2D eigenvalue weighted by atomic mass is 32.2. The number of sulfonamides is 1. The summed E-state index contributed by atoms with van der Waals surface area (Å²) in [6, 6.07) is 0. The lowest BCUT2D eigenvalue weighted by atomic mass is 10.6. The first kappa shape index (κ1) is 9.21. The van der Waals surface area contributed by atoms with E-state index >= 15 is 0 Å². The van der Waals surface area contributed by atoms with Crippen molar-refractivity contribution in [2.24, 2.45) is 0 Å². The molecule has 1 radical (unpaired) electrons. The molecule has 0 aliphatic rings. The fourth-order valence-corrected chi connectivity index (χ4v) is 1.43. The highest BCUT2D eigenvalue weighted by molar-refractivity contribution is 7.88. The summed E-state index contributed by atoms with van der Waals surface area (Å²) < 4.78 is 23.8. The number of nitrogens with zero attached hydrogens (tertiary/aromatic N) is 2. The molecule has 0 aliphatic carbocycles. The standard InChI is InChI=1S/C6H10N3O2S/c1-5-4-7-6(8-5)12(10,11)9(2)3/h4H,1H2,2-3H3,(H,7,8). The van der Waals surface area contributed by atoms with Crippen molar-refractivity contribution in [1.82, 2.24) is 14.3 Å². The Morgan fingerprint density at radius 3 is 2.50 bits per heavy atom. The van der Waals surface area contributed by atoms with Gasteiger partial charge in [0.05, 0.1) is 5.69 Å². The highest BCUT2D eigenvalue weighted by Crippen LogP contribution is 2.07. The van der Waals surface area contributed by atoms with Gasteiger partial charge in [-0.15, -0.1) is 0 Å². The molecule has 0 fully saturated rings. The van der Waals surface area contributed by atoms with E-state index in [1.54, 1.807) is 0 Å². The molecule has 1 heterocycles. The van der Waals surface area contributed by atoms with E-state index < -0.39 is 10.0 Å². The van der Waals surface area contributed by atoms with Crippen molar-refractivity contribution in [3.8, 4) is 0 Å². The molecular formula is C6H10N3O2S. The molecule has 0 unspecified atom stereocenters. The fraction of sp³-hybridized carbons (Fsp3) is 0.333. The van der Waals surface area contributed by atoms with E-state index in [-0.39, 0.29) is 5.16 Å². The molecule has 0 saturated carbocycles. The Kier molecular flexibility index (Phi) is 2.20. The van der Waals surface area contributed by atoms with Crippen LogP contribution in [-0.4, -0.2) is 36.8 Å². The highest BCUT2D eigenvalue weighted by Gasteiger charge is 2.19. The minimum absolute atomic E-state index is 0.0718. The summed E-state index contributed by atoms with van der Waals surface area (Å²) in [5, 5.41) is -0.0718. The zero-order valence-corrected chi connectivity index (χ0v) is 7.72. The number of hydrogen-bond acceptors (Lipinski definition) is 3. The average molecular weight is 188 g/mol. The van der Waals surface area contributed by atoms with Crippen molar-refractivity contribution in [2.45, 2.75) is 5.16 Å². The summed E-state index contributed by atoms with van der Waals surface area (Å²) in [5.74, 6) is 0. The Labute approximate surface area is 71.5 Å². The molecule has 67 valence electrons. The molecule has 1 aromatic rings. The molecule has 6 heteroatoms. The van der Waals surface area contributed by atoms with Crippen LogP contribution in [0.15, 0.2) is 11.4 Å². The number of hydrogen-bond donors (Lipinski definition) is 1. The van der Waals surface area contributed by atoms with E-state index in [2.05, 4.69) is 16.9 Å². The lowest BCUT2D eigenvalue weighted by Gasteiger charge is -2.07. The third-order valence-corrected chi connectivity index (χ3v) is 2.99. The Hall–Kier alpha value is -0.880. The maximum Gasteiger partial charge on any atom is 0.276 e. The van der Waals surface area contributed by atoms with Crippen molar-refractivity contribution in [1.29, 1.82) is 0 Å². The van der Waals surface area contributed by atoms with Crippen LogP contribution in [0, 0.1) is 6.92 Å². The van der Waals surface area contributed by atoms with Crippen molar-refractivity contribution < 1.29 is 8.42 Å². The number of imidazole rings is 1. The van der Waals surface area contributed by atoms with Crippen LogP contribution in [0.1, 0.15) is 5.69 Å². The van der Waals surface area contributed by atoms with Gasteiger partial charge in [0.2, 0.25) is 5.16 Å². The Balaban J connectivity index is 3.15. The van der Waals surface area contributed by atoms with E-state index in [4.69, 9.17) is 0 Å². The van der Waals surface area contributed by atoms with Crippen LogP contribution >= 0.6 is 0 Å². The predicted octanol–water partition coefficient (Wildman–Crippen LogP) is -0.158. The maximum absolute atomic E-state index is 11.3. The molecule has 0 bridgehead atoms. The molecule has 0 amide bonds. The normalized spacial score (nSPS) is 12.3. The second kappa shape index (κ2) is 2.87. The largest absolute Gasteiger partial charge is 0.334 e. The molecule has 0 atom stereocenters. The van der Waals surface area contributed by atoms with Gasteiger partial charge in [-0.05, 0) is 6.92 Å². The minimum Gasteiger partial charge on any atom is -0.334 e. The maximum atomic E-state index is 11.3. The number of nitrogens with one attached hydrogen (secondary N) is 1. The predicted molar refractivity (Wildman–Crippen MR) is 43.9 cm³/mol. The number of rotatable bonds is 2. The Morgan fingerprint density at radius 2 is 2.17 bits per heavy atom. The van der Waals surface area contributed by atoms with Crippen LogP contribution in [0.2, 0.25) is 0 Å². The SMILES string of the molecule is [CH2]c1c[nH]c(S(=O)(=O)N(C)C)n1. The molecule has 1 rings (SSSR count). The number of aromatic amines is 1. The molecule has 0 aliphatic heterocycles.